The summed E-state index contributed by atoms with van der Waals surface area (Å²) in [6.07, 6.45) is 10.2. The van der Waals surface area contributed by atoms with Crippen LogP contribution in [0, 0.1) is 0 Å². The van der Waals surface area contributed by atoms with E-state index in [1.54, 1.807) is 6.08 Å². The van der Waals surface area contributed by atoms with Gasteiger partial charge < -0.3 is 11.1 Å². The molecule has 0 amide bonds. The average molecular weight is 184 g/mol. The largest absolute Gasteiger partial charge is 0.390 e. The van der Waals surface area contributed by atoms with Crippen LogP contribution < -0.4 is 11.1 Å². The third-order valence-corrected chi connectivity index (χ3v) is 2.32. The average Bonchev–Trinajstić information content (AvgIpc) is 2.05. The maximum Gasteiger partial charge on any atom is 0.0976 e. The maximum atomic E-state index is 5.31. The molecule has 3 heteroatoms. The van der Waals surface area contributed by atoms with E-state index in [2.05, 4.69) is 5.32 Å². The second-order valence-electron chi connectivity index (χ2n) is 3.24. The summed E-state index contributed by atoms with van der Waals surface area (Å²) in [4.78, 5) is 0.443. The summed E-state index contributed by atoms with van der Waals surface area (Å²) in [6, 6.07) is 0.643. The van der Waals surface area contributed by atoms with E-state index in [4.69, 9.17) is 18.0 Å². The number of hydrogen-bond donors (Lipinski definition) is 2. The first-order valence-electron chi connectivity index (χ1n) is 4.51. The SMILES string of the molecule is NC(=S)C=CNC1CCCCC1. The Balaban J connectivity index is 2.17. The summed E-state index contributed by atoms with van der Waals surface area (Å²) in [5.41, 5.74) is 5.31. The molecule has 0 aromatic rings. The van der Waals surface area contributed by atoms with Crippen LogP contribution in [-0.2, 0) is 0 Å². The lowest BCUT2D eigenvalue weighted by atomic mass is 9.96. The molecule has 2 nitrogen and oxygen atoms in total. The molecule has 1 aliphatic carbocycles. The molecule has 0 aromatic carbocycles. The van der Waals surface area contributed by atoms with Crippen LogP contribution in [0.3, 0.4) is 0 Å². The molecule has 68 valence electrons. The second-order valence-corrected chi connectivity index (χ2v) is 3.71. The van der Waals surface area contributed by atoms with Gasteiger partial charge >= 0.3 is 0 Å². The fourth-order valence-corrected chi connectivity index (χ4v) is 1.60. The lowest BCUT2D eigenvalue weighted by Crippen LogP contribution is -2.26. The van der Waals surface area contributed by atoms with Crippen LogP contribution >= 0.6 is 12.2 Å². The van der Waals surface area contributed by atoms with Gasteiger partial charge in [0.05, 0.1) is 4.99 Å². The number of hydrogen-bond acceptors (Lipinski definition) is 2. The minimum absolute atomic E-state index is 0.443. The molecule has 1 saturated carbocycles. The monoisotopic (exact) mass is 184 g/mol. The van der Waals surface area contributed by atoms with Gasteiger partial charge in [0, 0.05) is 6.04 Å². The lowest BCUT2D eigenvalue weighted by Gasteiger charge is -2.21. The van der Waals surface area contributed by atoms with Gasteiger partial charge in [-0.15, -0.1) is 0 Å². The molecule has 1 rings (SSSR count). The van der Waals surface area contributed by atoms with E-state index < -0.39 is 0 Å². The molecular formula is C9H16N2S. The summed E-state index contributed by atoms with van der Waals surface area (Å²) < 4.78 is 0. The van der Waals surface area contributed by atoms with Gasteiger partial charge in [-0.1, -0.05) is 31.5 Å². The van der Waals surface area contributed by atoms with Gasteiger partial charge in [-0.2, -0.15) is 0 Å². The van der Waals surface area contributed by atoms with Crippen LogP contribution in [0.4, 0.5) is 0 Å². The van der Waals surface area contributed by atoms with Crippen molar-refractivity contribution in [3.05, 3.63) is 12.3 Å². The van der Waals surface area contributed by atoms with Gasteiger partial charge in [-0.3, -0.25) is 0 Å². The van der Waals surface area contributed by atoms with Crippen molar-refractivity contribution in [1.29, 1.82) is 0 Å². The van der Waals surface area contributed by atoms with Gasteiger partial charge in [-0.05, 0) is 25.1 Å². The smallest absolute Gasteiger partial charge is 0.0976 e. The van der Waals surface area contributed by atoms with Crippen LogP contribution in [-0.4, -0.2) is 11.0 Å². The number of rotatable bonds is 3. The van der Waals surface area contributed by atoms with Gasteiger partial charge in [-0.25, -0.2) is 0 Å². The molecule has 0 aromatic heterocycles. The Morgan fingerprint density at radius 3 is 2.58 bits per heavy atom. The van der Waals surface area contributed by atoms with E-state index in [0.29, 0.717) is 11.0 Å². The molecule has 0 unspecified atom stereocenters. The number of thiocarbonyl (C=S) groups is 1. The summed E-state index contributed by atoms with van der Waals surface area (Å²) in [5, 5.41) is 3.30. The normalized spacial score (nSPS) is 19.7. The lowest BCUT2D eigenvalue weighted by molar-refractivity contribution is 0.404. The molecule has 0 radical (unpaired) electrons. The van der Waals surface area contributed by atoms with Gasteiger partial charge in [0.1, 0.15) is 0 Å². The third kappa shape index (κ3) is 3.72. The fourth-order valence-electron chi connectivity index (χ4n) is 1.54. The molecule has 0 atom stereocenters. The minimum Gasteiger partial charge on any atom is -0.390 e. The van der Waals surface area contributed by atoms with E-state index in [1.165, 1.54) is 32.1 Å². The number of nitrogens with two attached hydrogens (primary N) is 1. The molecule has 12 heavy (non-hydrogen) atoms. The van der Waals surface area contributed by atoms with E-state index in [0.717, 1.165) is 0 Å². The molecule has 0 saturated heterocycles. The zero-order valence-corrected chi connectivity index (χ0v) is 8.07. The van der Waals surface area contributed by atoms with Crippen molar-refractivity contribution in [2.24, 2.45) is 5.73 Å². The van der Waals surface area contributed by atoms with Crippen molar-refractivity contribution in [1.82, 2.24) is 5.32 Å². The Morgan fingerprint density at radius 2 is 2.00 bits per heavy atom. The summed E-state index contributed by atoms with van der Waals surface area (Å²) in [7, 11) is 0. The van der Waals surface area contributed by atoms with Gasteiger partial charge in [0.15, 0.2) is 0 Å². The predicted octanol–water partition coefficient (Wildman–Crippen LogP) is 1.71. The highest BCUT2D eigenvalue weighted by atomic mass is 32.1. The molecule has 3 N–H and O–H groups in total. The van der Waals surface area contributed by atoms with Crippen molar-refractivity contribution in [2.45, 2.75) is 38.1 Å². The van der Waals surface area contributed by atoms with E-state index in [1.807, 2.05) is 6.20 Å². The third-order valence-electron chi connectivity index (χ3n) is 2.18. The van der Waals surface area contributed by atoms with Crippen molar-refractivity contribution >= 4 is 17.2 Å². The highest BCUT2D eigenvalue weighted by Crippen LogP contribution is 2.16. The maximum absolute atomic E-state index is 5.31. The quantitative estimate of drug-likeness (QED) is 0.518. The highest BCUT2D eigenvalue weighted by molar-refractivity contribution is 7.80. The van der Waals surface area contributed by atoms with Crippen LogP contribution in [0.15, 0.2) is 12.3 Å². The summed E-state index contributed by atoms with van der Waals surface area (Å²) in [5.74, 6) is 0. The predicted molar refractivity (Wildman–Crippen MR) is 55.9 cm³/mol. The molecule has 1 fully saturated rings. The van der Waals surface area contributed by atoms with Crippen molar-refractivity contribution in [2.75, 3.05) is 0 Å². The molecule has 0 heterocycles. The minimum atomic E-state index is 0.443. The first-order chi connectivity index (χ1) is 5.79. The Morgan fingerprint density at radius 1 is 1.33 bits per heavy atom. The zero-order chi connectivity index (χ0) is 8.81. The highest BCUT2D eigenvalue weighted by Gasteiger charge is 2.10. The molecule has 0 spiro atoms. The van der Waals surface area contributed by atoms with Crippen molar-refractivity contribution in [3.8, 4) is 0 Å². The van der Waals surface area contributed by atoms with Gasteiger partial charge in [0.25, 0.3) is 0 Å². The molecule has 0 bridgehead atoms. The first-order valence-corrected chi connectivity index (χ1v) is 4.92. The Bertz CT molecular complexity index is 171. The Kier molecular flexibility index (Phi) is 4.08. The van der Waals surface area contributed by atoms with Gasteiger partial charge in [0.2, 0.25) is 0 Å². The molecular weight excluding hydrogens is 168 g/mol. The molecule has 1 aliphatic rings. The topological polar surface area (TPSA) is 38.0 Å². The van der Waals surface area contributed by atoms with Crippen LogP contribution in [0.2, 0.25) is 0 Å². The first kappa shape index (κ1) is 9.52. The zero-order valence-electron chi connectivity index (χ0n) is 7.25. The summed E-state index contributed by atoms with van der Waals surface area (Å²) in [6.45, 7) is 0. The van der Waals surface area contributed by atoms with Crippen LogP contribution in [0.25, 0.3) is 0 Å². The van der Waals surface area contributed by atoms with Crippen LogP contribution in [0.5, 0.6) is 0 Å². The molecule has 0 aliphatic heterocycles. The van der Waals surface area contributed by atoms with Crippen LogP contribution in [0.1, 0.15) is 32.1 Å². The summed E-state index contributed by atoms with van der Waals surface area (Å²) >= 11 is 4.71. The second kappa shape index (κ2) is 5.14. The van der Waals surface area contributed by atoms with Crippen molar-refractivity contribution in [3.63, 3.8) is 0 Å². The van der Waals surface area contributed by atoms with E-state index >= 15 is 0 Å². The van der Waals surface area contributed by atoms with E-state index in [9.17, 15) is 0 Å². The number of nitrogens with one attached hydrogen (secondary N) is 1. The van der Waals surface area contributed by atoms with Crippen molar-refractivity contribution < 1.29 is 0 Å². The Labute approximate surface area is 79.2 Å². The Hall–Kier alpha value is -0.570. The fraction of sp³-hybridized carbons (Fsp3) is 0.667. The van der Waals surface area contributed by atoms with E-state index in [-0.39, 0.29) is 0 Å². The standard InChI is InChI=1S/C9H16N2S/c10-9(12)6-7-11-8-4-2-1-3-5-8/h6-8,11H,1-5H2,(H2,10,12).